The highest BCUT2D eigenvalue weighted by Gasteiger charge is 2.14. The van der Waals surface area contributed by atoms with Gasteiger partial charge < -0.3 is 5.11 Å². The quantitative estimate of drug-likeness (QED) is 0.773. The number of aromatic hydroxyl groups is 1. The van der Waals surface area contributed by atoms with E-state index >= 15 is 0 Å². The van der Waals surface area contributed by atoms with Crippen molar-refractivity contribution in [1.29, 1.82) is 0 Å². The van der Waals surface area contributed by atoms with Gasteiger partial charge in [0.1, 0.15) is 5.75 Å². The molecular formula is C14H22O. The second kappa shape index (κ2) is 5.20. The largest absolute Gasteiger partial charge is 0.507 e. The predicted octanol–water partition coefficient (Wildman–Crippen LogP) is 4.42. The highest BCUT2D eigenvalue weighted by molar-refractivity contribution is 5.43. The summed E-state index contributed by atoms with van der Waals surface area (Å²) in [7, 11) is 0. The van der Waals surface area contributed by atoms with Crippen molar-refractivity contribution in [3.8, 4) is 5.75 Å². The lowest BCUT2D eigenvalue weighted by atomic mass is 9.90. The van der Waals surface area contributed by atoms with E-state index in [-0.39, 0.29) is 0 Å². The van der Waals surface area contributed by atoms with E-state index in [9.17, 15) is 5.11 Å². The Hall–Kier alpha value is -0.980. The highest BCUT2D eigenvalue weighted by Crippen LogP contribution is 2.35. The molecule has 84 valence electrons. The maximum Gasteiger partial charge on any atom is 0.122 e. The van der Waals surface area contributed by atoms with E-state index in [1.807, 2.05) is 12.1 Å². The first-order valence-electron chi connectivity index (χ1n) is 5.93. The minimum absolute atomic E-state index is 0.439. The molecule has 1 aromatic carbocycles. The second-order valence-corrected chi connectivity index (χ2v) is 4.40. The lowest BCUT2D eigenvalue weighted by Crippen LogP contribution is -1.98. The van der Waals surface area contributed by atoms with Crippen LogP contribution in [0.3, 0.4) is 0 Å². The van der Waals surface area contributed by atoms with Gasteiger partial charge in [-0.3, -0.25) is 0 Å². The van der Waals surface area contributed by atoms with Gasteiger partial charge in [0.15, 0.2) is 0 Å². The van der Waals surface area contributed by atoms with E-state index in [0.717, 1.165) is 24.0 Å². The monoisotopic (exact) mass is 206 g/mol. The zero-order valence-corrected chi connectivity index (χ0v) is 10.2. The normalized spacial score (nSPS) is 14.9. The number of hydrogen-bond donors (Lipinski definition) is 1. The smallest absolute Gasteiger partial charge is 0.122 e. The summed E-state index contributed by atoms with van der Waals surface area (Å²) in [6.07, 6.45) is 2.13. The molecule has 0 spiro atoms. The lowest BCUT2D eigenvalue weighted by Gasteiger charge is -2.17. The van der Waals surface area contributed by atoms with Crippen LogP contribution in [0.2, 0.25) is 0 Å². The fourth-order valence-electron chi connectivity index (χ4n) is 1.82. The van der Waals surface area contributed by atoms with Crippen LogP contribution < -0.4 is 0 Å². The Labute approximate surface area is 93.1 Å². The van der Waals surface area contributed by atoms with Crippen LogP contribution in [0, 0.1) is 0 Å². The van der Waals surface area contributed by atoms with Crippen LogP contribution in [0.25, 0.3) is 0 Å². The third kappa shape index (κ3) is 2.53. The number of phenolic OH excluding ortho intramolecular Hbond substituents is 1. The number of hydrogen-bond acceptors (Lipinski definition) is 1. The first kappa shape index (κ1) is 12.1. The molecule has 0 bridgehead atoms. The van der Waals surface area contributed by atoms with Crippen LogP contribution in [0.1, 0.15) is 63.5 Å². The van der Waals surface area contributed by atoms with Crippen molar-refractivity contribution < 1.29 is 5.11 Å². The molecule has 1 nitrogen and oxygen atoms in total. The summed E-state index contributed by atoms with van der Waals surface area (Å²) in [5.41, 5.74) is 2.19. The topological polar surface area (TPSA) is 20.2 Å². The van der Waals surface area contributed by atoms with E-state index in [0.29, 0.717) is 17.6 Å². The molecule has 0 aromatic heterocycles. The van der Waals surface area contributed by atoms with Crippen LogP contribution in [-0.4, -0.2) is 5.11 Å². The highest BCUT2D eigenvalue weighted by atomic mass is 16.3. The maximum atomic E-state index is 10.2. The molecule has 1 rings (SSSR count). The summed E-state index contributed by atoms with van der Waals surface area (Å²) in [6.45, 7) is 8.63. The Kier molecular flexibility index (Phi) is 4.19. The number of benzene rings is 1. The minimum atomic E-state index is 0.439. The molecule has 0 aliphatic carbocycles. The average Bonchev–Trinajstić information content (AvgIpc) is 2.27. The molecule has 0 fully saturated rings. The molecule has 2 atom stereocenters. The summed E-state index contributed by atoms with van der Waals surface area (Å²) in [4.78, 5) is 0. The number of para-hydroxylation sites is 1. The van der Waals surface area contributed by atoms with Crippen molar-refractivity contribution in [2.45, 2.75) is 52.4 Å². The zero-order valence-electron chi connectivity index (χ0n) is 10.2. The summed E-state index contributed by atoms with van der Waals surface area (Å²) >= 11 is 0. The first-order valence-corrected chi connectivity index (χ1v) is 5.93. The Morgan fingerprint density at radius 1 is 1.00 bits per heavy atom. The maximum absolute atomic E-state index is 10.2. The van der Waals surface area contributed by atoms with Gasteiger partial charge in [0.25, 0.3) is 0 Å². The molecule has 1 N–H and O–H groups in total. The van der Waals surface area contributed by atoms with Crippen LogP contribution in [0.5, 0.6) is 5.75 Å². The third-order valence-electron chi connectivity index (χ3n) is 3.39. The van der Waals surface area contributed by atoms with Crippen molar-refractivity contribution in [2.24, 2.45) is 0 Å². The Morgan fingerprint density at radius 3 is 1.73 bits per heavy atom. The molecule has 0 amide bonds. The zero-order chi connectivity index (χ0) is 11.4. The van der Waals surface area contributed by atoms with Crippen LogP contribution in [-0.2, 0) is 0 Å². The van der Waals surface area contributed by atoms with Gasteiger partial charge in [-0.2, -0.15) is 0 Å². The second-order valence-electron chi connectivity index (χ2n) is 4.40. The van der Waals surface area contributed by atoms with Gasteiger partial charge in [0, 0.05) is 0 Å². The molecule has 1 heteroatoms. The molecule has 1 aromatic rings. The van der Waals surface area contributed by atoms with Gasteiger partial charge >= 0.3 is 0 Å². The van der Waals surface area contributed by atoms with Crippen molar-refractivity contribution in [3.63, 3.8) is 0 Å². The fourth-order valence-corrected chi connectivity index (χ4v) is 1.82. The van der Waals surface area contributed by atoms with Crippen molar-refractivity contribution in [3.05, 3.63) is 29.3 Å². The summed E-state index contributed by atoms with van der Waals surface area (Å²) in [6, 6.07) is 6.13. The van der Waals surface area contributed by atoms with E-state index in [4.69, 9.17) is 0 Å². The lowest BCUT2D eigenvalue weighted by molar-refractivity contribution is 0.449. The molecule has 0 radical (unpaired) electrons. The standard InChI is InChI=1S/C14H22O/c1-5-10(3)12-8-7-9-13(14(12)15)11(4)6-2/h7-11,15H,5-6H2,1-4H3/t10-,11-/m0/s1. The first-order chi connectivity index (χ1) is 7.11. The number of rotatable bonds is 4. The molecule has 0 unspecified atom stereocenters. The van der Waals surface area contributed by atoms with Crippen LogP contribution in [0.15, 0.2) is 18.2 Å². The molecule has 0 saturated heterocycles. The van der Waals surface area contributed by atoms with Crippen LogP contribution >= 0.6 is 0 Å². The van der Waals surface area contributed by atoms with Gasteiger partial charge in [0.05, 0.1) is 0 Å². The number of phenols is 1. The van der Waals surface area contributed by atoms with Gasteiger partial charge in [-0.05, 0) is 35.8 Å². The van der Waals surface area contributed by atoms with Crippen molar-refractivity contribution >= 4 is 0 Å². The van der Waals surface area contributed by atoms with Crippen molar-refractivity contribution in [2.75, 3.05) is 0 Å². The SMILES string of the molecule is CC[C@H](C)c1cccc([C@@H](C)CC)c1O. The molecule has 15 heavy (non-hydrogen) atoms. The van der Waals surface area contributed by atoms with Crippen LogP contribution in [0.4, 0.5) is 0 Å². The Bertz CT molecular complexity index is 289. The van der Waals surface area contributed by atoms with E-state index in [1.165, 1.54) is 0 Å². The summed E-state index contributed by atoms with van der Waals surface area (Å²) < 4.78 is 0. The van der Waals surface area contributed by atoms with Gasteiger partial charge in [-0.15, -0.1) is 0 Å². The molecule has 0 heterocycles. The Morgan fingerprint density at radius 2 is 1.40 bits per heavy atom. The van der Waals surface area contributed by atoms with Crippen molar-refractivity contribution in [1.82, 2.24) is 0 Å². The van der Waals surface area contributed by atoms with Gasteiger partial charge in [0.2, 0.25) is 0 Å². The predicted molar refractivity (Wildman–Crippen MR) is 65.5 cm³/mol. The van der Waals surface area contributed by atoms with E-state index < -0.39 is 0 Å². The Balaban J connectivity index is 3.11. The molecule has 0 aliphatic rings. The summed E-state index contributed by atoms with van der Waals surface area (Å²) in [5.74, 6) is 1.39. The van der Waals surface area contributed by atoms with E-state index in [2.05, 4.69) is 33.8 Å². The van der Waals surface area contributed by atoms with E-state index in [1.54, 1.807) is 0 Å². The summed E-state index contributed by atoms with van der Waals surface area (Å²) in [5, 5.41) is 10.2. The van der Waals surface area contributed by atoms with Gasteiger partial charge in [-0.1, -0.05) is 45.9 Å². The minimum Gasteiger partial charge on any atom is -0.507 e. The van der Waals surface area contributed by atoms with Gasteiger partial charge in [-0.25, -0.2) is 0 Å². The fraction of sp³-hybridized carbons (Fsp3) is 0.571. The molecular weight excluding hydrogens is 184 g/mol. The average molecular weight is 206 g/mol. The molecule has 0 aliphatic heterocycles. The molecule has 0 saturated carbocycles. The third-order valence-corrected chi connectivity index (χ3v) is 3.39.